The SMILES string of the molecule is Cc1cc(C)c([Si](c2c(C)cc(C)cc2C)C2c3[c-]cccc3-c3ccccc32)c(C)c1. The van der Waals surface area contributed by atoms with Gasteiger partial charge in [0.2, 0.25) is 0 Å². The summed E-state index contributed by atoms with van der Waals surface area (Å²) in [4.78, 5) is 0. The lowest BCUT2D eigenvalue weighted by Crippen LogP contribution is -2.51. The van der Waals surface area contributed by atoms with Crippen molar-refractivity contribution in [3.8, 4) is 11.1 Å². The first-order valence-corrected chi connectivity index (χ1v) is 13.1. The first-order valence-electron chi connectivity index (χ1n) is 11.5. The molecule has 1 aliphatic carbocycles. The van der Waals surface area contributed by atoms with Gasteiger partial charge in [0.15, 0.2) is 0 Å². The van der Waals surface area contributed by atoms with Gasteiger partial charge in [0, 0.05) is 0 Å². The zero-order valence-electron chi connectivity index (χ0n) is 19.9. The maximum Gasteiger partial charge on any atom is 0.132 e. The second kappa shape index (κ2) is 7.90. The Morgan fingerprint density at radius 3 is 1.69 bits per heavy atom. The van der Waals surface area contributed by atoms with Crippen molar-refractivity contribution in [2.24, 2.45) is 0 Å². The topological polar surface area (TPSA) is 0 Å². The molecule has 0 nitrogen and oxygen atoms in total. The second-order valence-electron chi connectivity index (χ2n) is 9.48. The van der Waals surface area contributed by atoms with Crippen LogP contribution in [0.3, 0.4) is 0 Å². The number of hydrogen-bond donors (Lipinski definition) is 0. The Bertz CT molecular complexity index is 1200. The predicted molar refractivity (Wildman–Crippen MR) is 139 cm³/mol. The summed E-state index contributed by atoms with van der Waals surface area (Å²) in [7, 11) is -1.19. The maximum absolute atomic E-state index is 3.69. The first-order chi connectivity index (χ1) is 15.4. The zero-order chi connectivity index (χ0) is 22.6. The predicted octanol–water partition coefficient (Wildman–Crippen LogP) is 6.30. The van der Waals surface area contributed by atoms with Crippen molar-refractivity contribution in [3.63, 3.8) is 0 Å². The van der Waals surface area contributed by atoms with Gasteiger partial charge in [-0.1, -0.05) is 87.5 Å². The van der Waals surface area contributed by atoms with E-state index < -0.39 is 8.80 Å². The second-order valence-corrected chi connectivity index (χ2v) is 11.9. The number of aryl methyl sites for hydroxylation is 6. The summed E-state index contributed by atoms with van der Waals surface area (Å²) < 4.78 is 0. The van der Waals surface area contributed by atoms with Crippen LogP contribution in [-0.2, 0) is 0 Å². The summed E-state index contributed by atoms with van der Waals surface area (Å²) in [6, 6.07) is 28.8. The molecule has 1 unspecified atom stereocenters. The summed E-state index contributed by atoms with van der Waals surface area (Å²) in [5, 5.41) is 3.14. The molecular formula is C31H30Si-. The number of rotatable bonds is 3. The molecule has 0 N–H and O–H groups in total. The standard InChI is InChI=1S/C31H30Si/c1-19-15-21(3)29(22(4)16-19)32(30-23(5)17-20(2)18-24(30)6)31-27-13-9-7-11-25(27)26-12-8-10-14-28(26)31/h7-13,15-18,31H,1-6H3/q-1. The van der Waals surface area contributed by atoms with Crippen LogP contribution in [0.2, 0.25) is 0 Å². The summed E-state index contributed by atoms with van der Waals surface area (Å²) >= 11 is 0. The van der Waals surface area contributed by atoms with Gasteiger partial charge in [-0.25, -0.2) is 0 Å². The van der Waals surface area contributed by atoms with Crippen LogP contribution in [0.4, 0.5) is 0 Å². The summed E-state index contributed by atoms with van der Waals surface area (Å²) in [5.41, 5.74) is 14.4. The first kappa shape index (κ1) is 21.0. The lowest BCUT2D eigenvalue weighted by molar-refractivity contribution is 1.16. The van der Waals surface area contributed by atoms with Crippen molar-refractivity contribution < 1.29 is 0 Å². The summed E-state index contributed by atoms with van der Waals surface area (Å²) in [6.45, 7) is 13.7. The van der Waals surface area contributed by atoms with E-state index in [9.17, 15) is 0 Å². The molecule has 0 saturated heterocycles. The Hall–Kier alpha value is -2.90. The fourth-order valence-electron chi connectivity index (χ4n) is 6.00. The number of benzene rings is 4. The van der Waals surface area contributed by atoms with Gasteiger partial charge in [-0.3, -0.25) is 0 Å². The van der Waals surface area contributed by atoms with Crippen molar-refractivity contribution in [1.29, 1.82) is 0 Å². The van der Waals surface area contributed by atoms with Gasteiger partial charge >= 0.3 is 0 Å². The van der Waals surface area contributed by atoms with Gasteiger partial charge in [0.1, 0.15) is 8.80 Å². The van der Waals surface area contributed by atoms with Crippen molar-refractivity contribution in [1.82, 2.24) is 0 Å². The van der Waals surface area contributed by atoms with Crippen LogP contribution in [0.5, 0.6) is 0 Å². The third kappa shape index (κ3) is 3.27. The third-order valence-electron chi connectivity index (χ3n) is 6.92. The highest BCUT2D eigenvalue weighted by atomic mass is 28.3. The van der Waals surface area contributed by atoms with E-state index in [1.54, 1.807) is 10.4 Å². The Balaban J connectivity index is 1.88. The Morgan fingerprint density at radius 2 is 1.12 bits per heavy atom. The molecule has 0 fully saturated rings. The molecule has 0 heterocycles. The smallest absolute Gasteiger partial charge is 0.132 e. The van der Waals surface area contributed by atoms with E-state index in [2.05, 4.69) is 114 Å². The molecule has 4 aromatic rings. The third-order valence-corrected chi connectivity index (χ3v) is 10.8. The van der Waals surface area contributed by atoms with Crippen molar-refractivity contribution in [2.45, 2.75) is 47.1 Å². The van der Waals surface area contributed by atoms with E-state index in [-0.39, 0.29) is 0 Å². The van der Waals surface area contributed by atoms with Crippen LogP contribution in [0.25, 0.3) is 11.1 Å². The molecule has 4 aromatic carbocycles. The Morgan fingerprint density at radius 1 is 0.625 bits per heavy atom. The molecule has 159 valence electrons. The molecule has 0 amide bonds. The van der Waals surface area contributed by atoms with Crippen LogP contribution < -0.4 is 10.4 Å². The number of hydrogen-bond acceptors (Lipinski definition) is 0. The molecule has 0 aromatic heterocycles. The average Bonchev–Trinajstić information content (AvgIpc) is 3.05. The van der Waals surface area contributed by atoms with Crippen LogP contribution in [0, 0.1) is 47.6 Å². The lowest BCUT2D eigenvalue weighted by atomic mass is 10.1. The van der Waals surface area contributed by atoms with Gasteiger partial charge in [0.05, 0.1) is 0 Å². The van der Waals surface area contributed by atoms with Crippen molar-refractivity contribution >= 4 is 19.2 Å². The zero-order valence-corrected chi connectivity index (χ0v) is 20.9. The van der Waals surface area contributed by atoms with E-state index in [0.717, 1.165) is 0 Å². The summed E-state index contributed by atoms with van der Waals surface area (Å²) in [6.07, 6.45) is 0. The van der Waals surface area contributed by atoms with Crippen molar-refractivity contribution in [2.75, 3.05) is 0 Å². The molecule has 0 aliphatic heterocycles. The van der Waals surface area contributed by atoms with Gasteiger partial charge in [-0.15, -0.1) is 11.1 Å². The van der Waals surface area contributed by atoms with Crippen LogP contribution in [-0.4, -0.2) is 8.80 Å². The van der Waals surface area contributed by atoms with Crippen LogP contribution in [0.15, 0.2) is 66.7 Å². The molecule has 0 bridgehead atoms. The van der Waals surface area contributed by atoms with E-state index in [4.69, 9.17) is 0 Å². The van der Waals surface area contributed by atoms with E-state index in [0.29, 0.717) is 5.54 Å². The fourth-order valence-corrected chi connectivity index (χ4v) is 9.90. The normalized spacial score (nSPS) is 14.5. The average molecular weight is 431 g/mol. The molecular weight excluding hydrogens is 400 g/mol. The Kier molecular flexibility index (Phi) is 5.18. The molecule has 1 atom stereocenters. The highest BCUT2D eigenvalue weighted by Crippen LogP contribution is 2.45. The number of fused-ring (bicyclic) bond motifs is 3. The molecule has 0 spiro atoms. The molecule has 32 heavy (non-hydrogen) atoms. The lowest BCUT2D eigenvalue weighted by Gasteiger charge is -2.32. The maximum atomic E-state index is 3.69. The van der Waals surface area contributed by atoms with Crippen molar-refractivity contribution in [3.05, 3.63) is 117 Å². The van der Waals surface area contributed by atoms with E-state index >= 15 is 0 Å². The van der Waals surface area contributed by atoms with Crippen LogP contribution >= 0.6 is 0 Å². The van der Waals surface area contributed by atoms with E-state index in [1.165, 1.54) is 55.6 Å². The Labute approximate surface area is 194 Å². The van der Waals surface area contributed by atoms with Gasteiger partial charge < -0.3 is 0 Å². The monoisotopic (exact) mass is 430 g/mol. The minimum atomic E-state index is -1.19. The largest absolute Gasteiger partial charge is 0.179 e. The molecule has 5 rings (SSSR count). The molecule has 1 aliphatic rings. The highest BCUT2D eigenvalue weighted by Gasteiger charge is 2.37. The fraction of sp³-hybridized carbons (Fsp3) is 0.226. The quantitative estimate of drug-likeness (QED) is 0.264. The van der Waals surface area contributed by atoms with E-state index in [1.807, 2.05) is 0 Å². The minimum Gasteiger partial charge on any atom is -0.179 e. The molecule has 1 heteroatoms. The summed E-state index contributed by atoms with van der Waals surface area (Å²) in [5.74, 6) is 0. The highest BCUT2D eigenvalue weighted by molar-refractivity contribution is 6.88. The minimum absolute atomic E-state index is 0.354. The molecule has 1 radical (unpaired) electrons. The van der Waals surface area contributed by atoms with Crippen LogP contribution in [0.1, 0.15) is 50.0 Å². The van der Waals surface area contributed by atoms with Gasteiger partial charge in [0.25, 0.3) is 0 Å². The van der Waals surface area contributed by atoms with Gasteiger partial charge in [-0.05, 0) is 63.0 Å². The molecule has 0 saturated carbocycles. The van der Waals surface area contributed by atoms with Gasteiger partial charge in [-0.2, -0.15) is 24.3 Å².